The van der Waals surface area contributed by atoms with Crippen molar-refractivity contribution in [3.8, 4) is 6.07 Å². The van der Waals surface area contributed by atoms with Crippen molar-refractivity contribution in [2.45, 2.75) is 0 Å². The Hall–Kier alpha value is -1.02. The second-order valence-corrected chi connectivity index (χ2v) is 3.54. The number of hydrogen-bond donors (Lipinski definition) is 0. The lowest BCUT2D eigenvalue weighted by Gasteiger charge is -1.89. The first-order chi connectivity index (χ1) is 5.83. The zero-order valence-corrected chi connectivity index (χ0v) is 8.20. The minimum Gasteiger partial charge on any atom is -0.462 e. The van der Waals surface area contributed by atoms with Crippen LogP contribution >= 0.6 is 22.6 Å². The standard InChI is InChI=1S/C9H4INO/c10-8-5-12-9-6(4-11)2-1-3-7(8)9/h1-3,5H. The quantitative estimate of drug-likeness (QED) is 0.689. The van der Waals surface area contributed by atoms with E-state index in [-0.39, 0.29) is 0 Å². The van der Waals surface area contributed by atoms with Crippen LogP contribution in [0.15, 0.2) is 28.9 Å². The molecule has 0 radical (unpaired) electrons. The number of nitriles is 1. The number of benzene rings is 1. The minimum atomic E-state index is 0.593. The molecule has 0 aliphatic heterocycles. The molecule has 0 spiro atoms. The Morgan fingerprint density at radius 2 is 2.25 bits per heavy atom. The van der Waals surface area contributed by atoms with E-state index in [1.807, 2.05) is 12.1 Å². The fraction of sp³-hybridized carbons (Fsp3) is 0. The second kappa shape index (κ2) is 2.79. The molecule has 1 aromatic heterocycles. The van der Waals surface area contributed by atoms with Crippen LogP contribution in [0.3, 0.4) is 0 Å². The molecule has 0 saturated heterocycles. The van der Waals surface area contributed by atoms with E-state index in [4.69, 9.17) is 9.68 Å². The molecule has 1 aromatic carbocycles. The van der Waals surface area contributed by atoms with Gasteiger partial charge in [0.05, 0.1) is 9.13 Å². The molecule has 12 heavy (non-hydrogen) atoms. The van der Waals surface area contributed by atoms with Crippen LogP contribution in [0.2, 0.25) is 0 Å². The fourth-order valence-corrected chi connectivity index (χ4v) is 1.67. The van der Waals surface area contributed by atoms with Gasteiger partial charge < -0.3 is 4.42 Å². The van der Waals surface area contributed by atoms with Crippen molar-refractivity contribution in [3.63, 3.8) is 0 Å². The summed E-state index contributed by atoms with van der Waals surface area (Å²) in [7, 11) is 0. The Balaban J connectivity index is 2.92. The average Bonchev–Trinajstić information content (AvgIpc) is 2.48. The van der Waals surface area contributed by atoms with E-state index in [1.54, 1.807) is 12.3 Å². The van der Waals surface area contributed by atoms with Crippen molar-refractivity contribution in [2.75, 3.05) is 0 Å². The average molecular weight is 269 g/mol. The number of furan rings is 1. The summed E-state index contributed by atoms with van der Waals surface area (Å²) in [6.07, 6.45) is 1.66. The maximum Gasteiger partial charge on any atom is 0.152 e. The summed E-state index contributed by atoms with van der Waals surface area (Å²) < 4.78 is 6.28. The molecular weight excluding hydrogens is 265 g/mol. The second-order valence-electron chi connectivity index (χ2n) is 2.38. The summed E-state index contributed by atoms with van der Waals surface area (Å²) in [6.45, 7) is 0. The maximum absolute atomic E-state index is 8.73. The summed E-state index contributed by atoms with van der Waals surface area (Å²) in [5, 5.41) is 9.74. The minimum absolute atomic E-state index is 0.593. The zero-order valence-electron chi connectivity index (χ0n) is 6.04. The summed E-state index contributed by atoms with van der Waals surface area (Å²) in [4.78, 5) is 0. The number of hydrogen-bond acceptors (Lipinski definition) is 2. The van der Waals surface area contributed by atoms with Gasteiger partial charge >= 0.3 is 0 Å². The maximum atomic E-state index is 8.73. The first-order valence-corrected chi connectivity index (χ1v) is 4.46. The number of fused-ring (bicyclic) bond motifs is 1. The molecule has 0 bridgehead atoms. The number of para-hydroxylation sites is 1. The molecule has 58 valence electrons. The summed E-state index contributed by atoms with van der Waals surface area (Å²) >= 11 is 2.18. The molecule has 1 heterocycles. The molecule has 0 aliphatic rings. The highest BCUT2D eigenvalue weighted by Crippen LogP contribution is 2.24. The molecule has 0 atom stereocenters. The van der Waals surface area contributed by atoms with E-state index in [2.05, 4.69) is 28.7 Å². The van der Waals surface area contributed by atoms with E-state index in [0.717, 1.165) is 8.96 Å². The lowest BCUT2D eigenvalue weighted by molar-refractivity contribution is 0.612. The van der Waals surface area contributed by atoms with Crippen molar-refractivity contribution in [1.82, 2.24) is 0 Å². The summed E-state index contributed by atoms with van der Waals surface area (Å²) in [6, 6.07) is 7.64. The van der Waals surface area contributed by atoms with Gasteiger partial charge in [0, 0.05) is 5.39 Å². The van der Waals surface area contributed by atoms with Crippen LogP contribution in [0.25, 0.3) is 11.0 Å². The number of nitrogens with zero attached hydrogens (tertiary/aromatic N) is 1. The third-order valence-electron chi connectivity index (χ3n) is 1.67. The first kappa shape index (κ1) is 7.62. The highest BCUT2D eigenvalue weighted by atomic mass is 127. The molecule has 2 aromatic rings. The Labute approximate surface area is 82.9 Å². The lowest BCUT2D eigenvalue weighted by atomic mass is 10.2. The van der Waals surface area contributed by atoms with Crippen LogP contribution in [-0.2, 0) is 0 Å². The van der Waals surface area contributed by atoms with Crippen LogP contribution < -0.4 is 0 Å². The Kier molecular flexibility index (Phi) is 1.77. The molecular formula is C9H4INO. The van der Waals surface area contributed by atoms with Crippen LogP contribution in [0, 0.1) is 14.9 Å². The number of rotatable bonds is 0. The molecule has 2 nitrogen and oxygen atoms in total. The SMILES string of the molecule is N#Cc1cccc2c(I)coc12. The third-order valence-corrected chi connectivity index (χ3v) is 2.51. The third kappa shape index (κ3) is 0.994. The first-order valence-electron chi connectivity index (χ1n) is 3.39. The van der Waals surface area contributed by atoms with E-state index >= 15 is 0 Å². The van der Waals surface area contributed by atoms with Gasteiger partial charge in [-0.25, -0.2) is 0 Å². The predicted octanol–water partition coefficient (Wildman–Crippen LogP) is 2.91. The Bertz CT molecular complexity index is 467. The van der Waals surface area contributed by atoms with Crippen LogP contribution in [0.1, 0.15) is 5.56 Å². The normalized spacial score (nSPS) is 10.0. The van der Waals surface area contributed by atoms with Gasteiger partial charge in [-0.3, -0.25) is 0 Å². The van der Waals surface area contributed by atoms with E-state index in [0.29, 0.717) is 11.1 Å². The Morgan fingerprint density at radius 3 is 3.00 bits per heavy atom. The molecule has 0 N–H and O–H groups in total. The van der Waals surface area contributed by atoms with E-state index in [9.17, 15) is 0 Å². The van der Waals surface area contributed by atoms with E-state index < -0.39 is 0 Å². The Morgan fingerprint density at radius 1 is 1.42 bits per heavy atom. The smallest absolute Gasteiger partial charge is 0.152 e. The fourth-order valence-electron chi connectivity index (χ4n) is 1.11. The van der Waals surface area contributed by atoms with Gasteiger partial charge in [-0.05, 0) is 34.7 Å². The highest BCUT2D eigenvalue weighted by Gasteiger charge is 2.06. The van der Waals surface area contributed by atoms with Crippen LogP contribution in [-0.4, -0.2) is 0 Å². The molecule has 0 saturated carbocycles. The van der Waals surface area contributed by atoms with Gasteiger partial charge in [0.25, 0.3) is 0 Å². The number of halogens is 1. The van der Waals surface area contributed by atoms with Gasteiger partial charge in [0.1, 0.15) is 12.3 Å². The van der Waals surface area contributed by atoms with Crippen LogP contribution in [0.5, 0.6) is 0 Å². The zero-order chi connectivity index (χ0) is 8.55. The highest BCUT2D eigenvalue weighted by molar-refractivity contribution is 14.1. The van der Waals surface area contributed by atoms with Crippen molar-refractivity contribution in [2.24, 2.45) is 0 Å². The van der Waals surface area contributed by atoms with Crippen molar-refractivity contribution in [1.29, 1.82) is 5.26 Å². The lowest BCUT2D eigenvalue weighted by Crippen LogP contribution is -1.73. The van der Waals surface area contributed by atoms with Gasteiger partial charge in [-0.1, -0.05) is 6.07 Å². The van der Waals surface area contributed by atoms with Gasteiger partial charge in [0.15, 0.2) is 5.58 Å². The molecule has 0 amide bonds. The predicted molar refractivity (Wildman–Crippen MR) is 53.6 cm³/mol. The molecule has 0 aliphatic carbocycles. The van der Waals surface area contributed by atoms with Gasteiger partial charge in [0.2, 0.25) is 0 Å². The molecule has 2 rings (SSSR count). The topological polar surface area (TPSA) is 36.9 Å². The monoisotopic (exact) mass is 269 g/mol. The van der Waals surface area contributed by atoms with Crippen molar-refractivity contribution < 1.29 is 4.42 Å². The van der Waals surface area contributed by atoms with Crippen molar-refractivity contribution >= 4 is 33.6 Å². The molecule has 0 fully saturated rings. The molecule has 0 unspecified atom stereocenters. The van der Waals surface area contributed by atoms with Crippen molar-refractivity contribution in [3.05, 3.63) is 33.6 Å². The summed E-state index contributed by atoms with van der Waals surface area (Å²) in [5.41, 5.74) is 1.28. The van der Waals surface area contributed by atoms with Crippen LogP contribution in [0.4, 0.5) is 0 Å². The molecule has 3 heteroatoms. The van der Waals surface area contributed by atoms with Gasteiger partial charge in [-0.15, -0.1) is 0 Å². The van der Waals surface area contributed by atoms with Gasteiger partial charge in [-0.2, -0.15) is 5.26 Å². The largest absolute Gasteiger partial charge is 0.462 e. The van der Waals surface area contributed by atoms with E-state index in [1.165, 1.54) is 0 Å². The summed E-state index contributed by atoms with van der Waals surface area (Å²) in [5.74, 6) is 0.